The monoisotopic (exact) mass is 495 g/mol. The van der Waals surface area contributed by atoms with Gasteiger partial charge in [-0.15, -0.1) is 0 Å². The van der Waals surface area contributed by atoms with E-state index in [9.17, 15) is 9.90 Å². The smallest absolute Gasteiger partial charge is 0.235 e. The van der Waals surface area contributed by atoms with E-state index in [1.807, 2.05) is 24.4 Å². The number of aliphatic hydroxyl groups is 1. The number of carbonyl (C=O) groups excluding carboxylic acids is 1. The van der Waals surface area contributed by atoms with Crippen LogP contribution in [0.15, 0.2) is 54.7 Å². The Kier molecular flexibility index (Phi) is 5.01. The van der Waals surface area contributed by atoms with Gasteiger partial charge in [0.15, 0.2) is 0 Å². The molecule has 8 heteroatoms. The first-order valence-electron chi connectivity index (χ1n) is 12.9. The summed E-state index contributed by atoms with van der Waals surface area (Å²) in [4.78, 5) is 20.0. The van der Waals surface area contributed by atoms with Crippen molar-refractivity contribution in [2.45, 2.75) is 30.6 Å². The number of aromatic nitrogens is 3. The molecule has 0 bridgehead atoms. The van der Waals surface area contributed by atoms with Gasteiger partial charge in [-0.3, -0.25) is 9.89 Å². The van der Waals surface area contributed by atoms with Crippen molar-refractivity contribution in [3.05, 3.63) is 65.9 Å². The second-order valence-electron chi connectivity index (χ2n) is 10.5. The van der Waals surface area contributed by atoms with E-state index in [1.54, 1.807) is 7.11 Å². The first kappa shape index (κ1) is 22.3. The third-order valence-corrected chi connectivity index (χ3v) is 8.53. The van der Waals surface area contributed by atoms with Crippen molar-refractivity contribution in [2.24, 2.45) is 5.92 Å². The summed E-state index contributed by atoms with van der Waals surface area (Å²) in [7, 11) is 1.65. The maximum Gasteiger partial charge on any atom is 0.235 e. The topological polar surface area (TPSA) is 103 Å². The highest BCUT2D eigenvalue weighted by atomic mass is 16.5. The number of hydrogen-bond acceptors (Lipinski definition) is 6. The molecule has 2 unspecified atom stereocenters. The number of benzene rings is 2. The molecule has 1 aliphatic carbocycles. The predicted octanol–water partition coefficient (Wildman–Crippen LogP) is 4.22. The molecule has 2 aromatic carbocycles. The lowest BCUT2D eigenvalue weighted by molar-refractivity contribution is -0.118. The molecule has 3 N–H and O–H groups in total. The van der Waals surface area contributed by atoms with Gasteiger partial charge in [-0.2, -0.15) is 5.10 Å². The number of anilines is 2. The minimum atomic E-state index is -0.522. The zero-order valence-electron chi connectivity index (χ0n) is 20.7. The summed E-state index contributed by atoms with van der Waals surface area (Å²) in [5, 5.41) is 21.3. The van der Waals surface area contributed by atoms with Crippen LogP contribution in [0.1, 0.15) is 36.3 Å². The van der Waals surface area contributed by atoms with Crippen molar-refractivity contribution in [3.63, 3.8) is 0 Å². The van der Waals surface area contributed by atoms with Crippen LogP contribution in [0, 0.1) is 5.92 Å². The SMILES string of the molecule is COc1ccc2c(c1)C1(CC1c1ccc3c(-c4ccc(N5CCC(CO)CC5)nc4)n[nH]c3c1)C(=O)N2. The average Bonchev–Trinajstić information content (AvgIpc) is 3.47. The van der Waals surface area contributed by atoms with Crippen LogP contribution in [-0.4, -0.2) is 53.0 Å². The Morgan fingerprint density at radius 3 is 2.76 bits per heavy atom. The van der Waals surface area contributed by atoms with Crippen LogP contribution in [0.2, 0.25) is 0 Å². The second-order valence-corrected chi connectivity index (χ2v) is 10.5. The molecule has 3 aliphatic rings. The zero-order chi connectivity index (χ0) is 25.1. The van der Waals surface area contributed by atoms with Gasteiger partial charge in [0.1, 0.15) is 17.3 Å². The summed E-state index contributed by atoms with van der Waals surface area (Å²) in [6, 6.07) is 16.3. The molecule has 4 aromatic rings. The minimum Gasteiger partial charge on any atom is -0.497 e. The average molecular weight is 496 g/mol. The summed E-state index contributed by atoms with van der Waals surface area (Å²) >= 11 is 0. The molecule has 4 heterocycles. The summed E-state index contributed by atoms with van der Waals surface area (Å²) in [5.41, 5.74) is 5.31. The van der Waals surface area contributed by atoms with E-state index in [0.29, 0.717) is 5.92 Å². The molecule has 1 saturated carbocycles. The Hall–Kier alpha value is -3.91. The van der Waals surface area contributed by atoms with E-state index in [1.165, 1.54) is 0 Å². The molecule has 2 aromatic heterocycles. The van der Waals surface area contributed by atoms with E-state index in [4.69, 9.17) is 9.72 Å². The Balaban J connectivity index is 1.14. The van der Waals surface area contributed by atoms with Crippen molar-refractivity contribution >= 4 is 28.3 Å². The Morgan fingerprint density at radius 2 is 2.00 bits per heavy atom. The maximum atomic E-state index is 13.0. The third-order valence-electron chi connectivity index (χ3n) is 8.53. The highest BCUT2D eigenvalue weighted by molar-refractivity contribution is 6.10. The Labute approximate surface area is 214 Å². The van der Waals surface area contributed by atoms with Crippen LogP contribution >= 0.6 is 0 Å². The molecule has 2 atom stereocenters. The molecule has 1 saturated heterocycles. The number of nitrogens with one attached hydrogen (secondary N) is 2. The van der Waals surface area contributed by atoms with Gasteiger partial charge in [0.25, 0.3) is 0 Å². The number of methoxy groups -OCH3 is 1. The van der Waals surface area contributed by atoms with Gasteiger partial charge < -0.3 is 20.1 Å². The van der Waals surface area contributed by atoms with Crippen molar-refractivity contribution < 1.29 is 14.6 Å². The molecule has 2 fully saturated rings. The van der Waals surface area contributed by atoms with Gasteiger partial charge in [0.2, 0.25) is 5.91 Å². The number of carbonyl (C=O) groups is 1. The van der Waals surface area contributed by atoms with Crippen LogP contribution in [0.4, 0.5) is 11.5 Å². The number of pyridine rings is 1. The van der Waals surface area contributed by atoms with E-state index >= 15 is 0 Å². The van der Waals surface area contributed by atoms with Crippen molar-refractivity contribution in [2.75, 3.05) is 37.0 Å². The van der Waals surface area contributed by atoms with E-state index < -0.39 is 5.41 Å². The number of piperidine rings is 1. The Bertz CT molecular complexity index is 1510. The van der Waals surface area contributed by atoms with E-state index in [2.05, 4.69) is 50.7 Å². The highest BCUT2D eigenvalue weighted by Crippen LogP contribution is 2.65. The molecule has 37 heavy (non-hydrogen) atoms. The quantitative estimate of drug-likeness (QED) is 0.383. The second kappa shape index (κ2) is 8.31. The molecule has 8 nitrogen and oxygen atoms in total. The zero-order valence-corrected chi connectivity index (χ0v) is 20.7. The number of fused-ring (bicyclic) bond motifs is 3. The van der Waals surface area contributed by atoms with E-state index in [0.717, 1.165) is 82.9 Å². The predicted molar refractivity (Wildman–Crippen MR) is 142 cm³/mol. The number of rotatable bonds is 5. The number of nitrogens with zero attached hydrogens (tertiary/aromatic N) is 3. The number of aliphatic hydroxyl groups excluding tert-OH is 1. The number of amides is 1. The largest absolute Gasteiger partial charge is 0.497 e. The fourth-order valence-electron chi connectivity index (χ4n) is 6.23. The first-order valence-corrected chi connectivity index (χ1v) is 12.9. The van der Waals surface area contributed by atoms with Crippen LogP contribution in [-0.2, 0) is 10.2 Å². The summed E-state index contributed by atoms with van der Waals surface area (Å²) in [5.74, 6) is 2.32. The normalized spacial score (nSPS) is 22.9. The fraction of sp³-hybridized carbons (Fsp3) is 0.345. The van der Waals surface area contributed by atoms with Gasteiger partial charge >= 0.3 is 0 Å². The van der Waals surface area contributed by atoms with Crippen molar-refractivity contribution in [1.82, 2.24) is 15.2 Å². The lowest BCUT2D eigenvalue weighted by Gasteiger charge is -2.31. The number of hydrogen-bond donors (Lipinski definition) is 3. The van der Waals surface area contributed by atoms with Crippen LogP contribution < -0.4 is 15.0 Å². The standard InChI is InChI=1S/C29H29N5O3/c1-37-20-4-6-24-22(13-20)29(28(36)31-24)14-23(29)18-2-5-21-25(12-18)32-33-27(21)19-3-7-26(30-15-19)34-10-8-17(16-35)9-11-34/h2-7,12-13,15,17,23,35H,8-11,14,16H2,1H3,(H,31,36)(H,32,33). The number of ether oxygens (including phenoxy) is 1. The molecular formula is C29H29N5O3. The molecule has 1 amide bonds. The molecule has 2 aliphatic heterocycles. The summed E-state index contributed by atoms with van der Waals surface area (Å²) < 4.78 is 5.42. The van der Waals surface area contributed by atoms with Crippen LogP contribution in [0.25, 0.3) is 22.2 Å². The van der Waals surface area contributed by atoms with E-state index in [-0.39, 0.29) is 18.4 Å². The number of aromatic amines is 1. The van der Waals surface area contributed by atoms with Gasteiger partial charge in [-0.05, 0) is 72.7 Å². The fourth-order valence-corrected chi connectivity index (χ4v) is 6.23. The summed E-state index contributed by atoms with van der Waals surface area (Å²) in [6.45, 7) is 2.11. The lowest BCUT2D eigenvalue weighted by atomic mass is 9.91. The van der Waals surface area contributed by atoms with Crippen molar-refractivity contribution in [1.29, 1.82) is 0 Å². The van der Waals surface area contributed by atoms with Gasteiger partial charge in [-0.25, -0.2) is 4.98 Å². The molecule has 0 radical (unpaired) electrons. The highest BCUT2D eigenvalue weighted by Gasteiger charge is 2.65. The lowest BCUT2D eigenvalue weighted by Crippen LogP contribution is -2.35. The maximum absolute atomic E-state index is 13.0. The van der Waals surface area contributed by atoms with Gasteiger partial charge in [0, 0.05) is 48.4 Å². The van der Waals surface area contributed by atoms with Crippen LogP contribution in [0.5, 0.6) is 5.75 Å². The molecular weight excluding hydrogens is 466 g/mol. The van der Waals surface area contributed by atoms with Crippen LogP contribution in [0.3, 0.4) is 0 Å². The van der Waals surface area contributed by atoms with Gasteiger partial charge in [0.05, 0.1) is 18.0 Å². The number of H-pyrrole nitrogens is 1. The first-order chi connectivity index (χ1) is 18.1. The summed E-state index contributed by atoms with van der Waals surface area (Å²) in [6.07, 6.45) is 4.66. The Morgan fingerprint density at radius 1 is 1.14 bits per heavy atom. The van der Waals surface area contributed by atoms with Gasteiger partial charge in [-0.1, -0.05) is 12.1 Å². The molecule has 188 valence electrons. The third kappa shape index (κ3) is 3.43. The minimum absolute atomic E-state index is 0.0675. The molecule has 1 spiro atoms. The van der Waals surface area contributed by atoms with Crippen molar-refractivity contribution in [3.8, 4) is 17.0 Å². The molecule has 7 rings (SSSR count).